The number of aliphatic hydroxyl groups is 1. The summed E-state index contributed by atoms with van der Waals surface area (Å²) in [5.74, 6) is 0.983. The van der Waals surface area contributed by atoms with Crippen molar-refractivity contribution >= 4 is 11.6 Å². The summed E-state index contributed by atoms with van der Waals surface area (Å²) in [7, 11) is 0. The zero-order chi connectivity index (χ0) is 11.5. The van der Waals surface area contributed by atoms with E-state index in [4.69, 9.17) is 26.2 Å². The van der Waals surface area contributed by atoms with Gasteiger partial charge < -0.3 is 19.7 Å². The highest BCUT2D eigenvalue weighted by Gasteiger charge is 2.20. The third kappa shape index (κ3) is 2.03. The van der Waals surface area contributed by atoms with Gasteiger partial charge in [-0.2, -0.15) is 0 Å². The SMILES string of the molecule is OCCc1c(O)c(Cl)cc2c1OCCCO2. The number of benzene rings is 1. The topological polar surface area (TPSA) is 58.9 Å². The molecule has 1 aromatic rings. The van der Waals surface area contributed by atoms with Crippen LogP contribution in [-0.2, 0) is 6.42 Å². The number of aromatic hydroxyl groups is 1. The third-order valence-corrected chi connectivity index (χ3v) is 2.71. The van der Waals surface area contributed by atoms with E-state index in [0.29, 0.717) is 30.3 Å². The fourth-order valence-electron chi connectivity index (χ4n) is 1.67. The first-order chi connectivity index (χ1) is 7.74. The zero-order valence-electron chi connectivity index (χ0n) is 8.70. The van der Waals surface area contributed by atoms with E-state index in [1.807, 2.05) is 0 Å². The molecule has 0 saturated heterocycles. The molecule has 0 spiro atoms. The molecule has 0 unspecified atom stereocenters. The van der Waals surface area contributed by atoms with Gasteiger partial charge in [0.2, 0.25) is 0 Å². The van der Waals surface area contributed by atoms with Crippen molar-refractivity contribution in [1.29, 1.82) is 0 Å². The van der Waals surface area contributed by atoms with E-state index >= 15 is 0 Å². The summed E-state index contributed by atoms with van der Waals surface area (Å²) in [6.45, 7) is 1.02. The Bertz CT molecular complexity index is 392. The normalized spacial score (nSPS) is 14.6. The second-order valence-corrected chi connectivity index (χ2v) is 3.94. The van der Waals surface area contributed by atoms with Crippen molar-refractivity contribution in [2.24, 2.45) is 0 Å². The van der Waals surface area contributed by atoms with Crippen LogP contribution in [0, 0.1) is 0 Å². The van der Waals surface area contributed by atoms with Crippen LogP contribution in [0.15, 0.2) is 6.07 Å². The standard InChI is InChI=1S/C11H13ClO4/c12-8-6-9-11(16-5-1-4-15-9)7(2-3-13)10(8)14/h6,13-14H,1-5H2. The number of phenols is 1. The molecule has 0 amide bonds. The van der Waals surface area contributed by atoms with Gasteiger partial charge in [-0.1, -0.05) is 11.6 Å². The molecule has 4 nitrogen and oxygen atoms in total. The number of phenolic OH excluding ortho intramolecular Hbond substituents is 1. The van der Waals surface area contributed by atoms with Crippen LogP contribution in [0.2, 0.25) is 5.02 Å². The highest BCUT2D eigenvalue weighted by Crippen LogP contribution is 2.43. The smallest absolute Gasteiger partial charge is 0.168 e. The van der Waals surface area contributed by atoms with Crippen LogP contribution in [0.5, 0.6) is 17.2 Å². The zero-order valence-corrected chi connectivity index (χ0v) is 9.46. The summed E-state index contributed by atoms with van der Waals surface area (Å²) < 4.78 is 11.0. The maximum atomic E-state index is 9.80. The van der Waals surface area contributed by atoms with Crippen LogP contribution < -0.4 is 9.47 Å². The van der Waals surface area contributed by atoms with Crippen LogP contribution in [0.1, 0.15) is 12.0 Å². The fourth-order valence-corrected chi connectivity index (χ4v) is 1.89. The van der Waals surface area contributed by atoms with Crippen LogP contribution in [0.4, 0.5) is 0 Å². The second-order valence-electron chi connectivity index (χ2n) is 3.54. The Kier molecular flexibility index (Phi) is 3.41. The van der Waals surface area contributed by atoms with Gasteiger partial charge in [-0.25, -0.2) is 0 Å². The van der Waals surface area contributed by atoms with Gasteiger partial charge in [0.25, 0.3) is 0 Å². The number of aliphatic hydroxyl groups excluding tert-OH is 1. The van der Waals surface area contributed by atoms with Crippen LogP contribution >= 0.6 is 11.6 Å². The van der Waals surface area contributed by atoms with E-state index in [1.54, 1.807) is 6.07 Å². The Morgan fingerprint density at radius 1 is 1.31 bits per heavy atom. The molecule has 0 radical (unpaired) electrons. The predicted octanol–water partition coefficient (Wildman–Crippen LogP) is 1.74. The first kappa shape index (κ1) is 11.4. The molecule has 2 N–H and O–H groups in total. The molecule has 1 aliphatic rings. The highest BCUT2D eigenvalue weighted by atomic mass is 35.5. The monoisotopic (exact) mass is 244 g/mol. The van der Waals surface area contributed by atoms with Crippen molar-refractivity contribution in [3.8, 4) is 17.2 Å². The van der Waals surface area contributed by atoms with Crippen molar-refractivity contribution in [3.05, 3.63) is 16.7 Å². The summed E-state index contributed by atoms with van der Waals surface area (Å²) in [4.78, 5) is 0. The first-order valence-corrected chi connectivity index (χ1v) is 5.52. The second kappa shape index (κ2) is 4.80. The lowest BCUT2D eigenvalue weighted by atomic mass is 10.1. The van der Waals surface area contributed by atoms with Gasteiger partial charge in [0.15, 0.2) is 11.5 Å². The minimum atomic E-state index is -0.0797. The maximum absolute atomic E-state index is 9.80. The Hall–Kier alpha value is -1.13. The van der Waals surface area contributed by atoms with Crippen LogP contribution in [0.3, 0.4) is 0 Å². The van der Waals surface area contributed by atoms with Gasteiger partial charge in [0, 0.05) is 31.1 Å². The van der Waals surface area contributed by atoms with Gasteiger partial charge in [0.05, 0.1) is 18.2 Å². The van der Waals surface area contributed by atoms with E-state index in [9.17, 15) is 5.11 Å². The molecular weight excluding hydrogens is 232 g/mol. The maximum Gasteiger partial charge on any atom is 0.168 e. The van der Waals surface area contributed by atoms with E-state index in [2.05, 4.69) is 0 Å². The molecule has 0 fully saturated rings. The number of ether oxygens (including phenoxy) is 2. The average Bonchev–Trinajstić information content (AvgIpc) is 2.50. The molecule has 0 bridgehead atoms. The van der Waals surface area contributed by atoms with Crippen molar-refractivity contribution in [3.63, 3.8) is 0 Å². The van der Waals surface area contributed by atoms with Gasteiger partial charge >= 0.3 is 0 Å². The molecule has 5 heteroatoms. The molecule has 88 valence electrons. The summed E-state index contributed by atoms with van der Waals surface area (Å²) in [6, 6.07) is 1.54. The third-order valence-electron chi connectivity index (χ3n) is 2.42. The van der Waals surface area contributed by atoms with Gasteiger partial charge in [-0.3, -0.25) is 0 Å². The van der Waals surface area contributed by atoms with Crippen LogP contribution in [-0.4, -0.2) is 30.0 Å². The number of rotatable bonds is 2. The Morgan fingerprint density at radius 3 is 2.81 bits per heavy atom. The molecule has 1 aromatic carbocycles. The van der Waals surface area contributed by atoms with Gasteiger partial charge in [0.1, 0.15) is 5.75 Å². The van der Waals surface area contributed by atoms with Gasteiger partial charge in [-0.15, -0.1) is 0 Å². The molecule has 1 aliphatic heterocycles. The van der Waals surface area contributed by atoms with Crippen molar-refractivity contribution in [1.82, 2.24) is 0 Å². The summed E-state index contributed by atoms with van der Waals surface area (Å²) in [5.41, 5.74) is 0.506. The molecule has 16 heavy (non-hydrogen) atoms. The minimum Gasteiger partial charge on any atom is -0.506 e. The van der Waals surface area contributed by atoms with E-state index < -0.39 is 0 Å². The Labute approximate surface area is 98.4 Å². The summed E-state index contributed by atoms with van der Waals surface area (Å²) >= 11 is 5.87. The van der Waals surface area contributed by atoms with E-state index in [0.717, 1.165) is 6.42 Å². The predicted molar refractivity (Wildman–Crippen MR) is 59.5 cm³/mol. The fraction of sp³-hybridized carbons (Fsp3) is 0.455. The largest absolute Gasteiger partial charge is 0.506 e. The summed E-state index contributed by atoms with van der Waals surface area (Å²) in [5, 5.41) is 19.0. The lowest BCUT2D eigenvalue weighted by Gasteiger charge is -2.14. The van der Waals surface area contributed by atoms with Crippen molar-refractivity contribution in [2.75, 3.05) is 19.8 Å². The molecule has 0 saturated carbocycles. The van der Waals surface area contributed by atoms with Gasteiger partial charge in [-0.05, 0) is 0 Å². The molecule has 2 rings (SSSR count). The highest BCUT2D eigenvalue weighted by molar-refractivity contribution is 6.32. The molecule has 0 atom stereocenters. The lowest BCUT2D eigenvalue weighted by molar-refractivity contribution is 0.284. The van der Waals surface area contributed by atoms with Crippen molar-refractivity contribution in [2.45, 2.75) is 12.8 Å². The molecule has 0 aromatic heterocycles. The molecule has 0 aliphatic carbocycles. The number of halogens is 1. The average molecular weight is 245 g/mol. The minimum absolute atomic E-state index is 0.0417. The first-order valence-electron chi connectivity index (χ1n) is 5.15. The lowest BCUT2D eigenvalue weighted by Crippen LogP contribution is -2.00. The van der Waals surface area contributed by atoms with E-state index in [1.165, 1.54) is 0 Å². The quantitative estimate of drug-likeness (QED) is 0.832. The van der Waals surface area contributed by atoms with E-state index in [-0.39, 0.29) is 23.8 Å². The Morgan fingerprint density at radius 2 is 2.06 bits per heavy atom. The summed E-state index contributed by atoms with van der Waals surface area (Å²) in [6.07, 6.45) is 1.07. The molecular formula is C11H13ClO4. The molecule has 1 heterocycles. The number of fused-ring (bicyclic) bond motifs is 1. The van der Waals surface area contributed by atoms with Crippen LogP contribution in [0.25, 0.3) is 0 Å². The number of hydrogen-bond donors (Lipinski definition) is 2. The number of hydrogen-bond acceptors (Lipinski definition) is 4. The Balaban J connectivity index is 2.51. The van der Waals surface area contributed by atoms with Crippen molar-refractivity contribution < 1.29 is 19.7 Å².